The van der Waals surface area contributed by atoms with Gasteiger partial charge in [0.2, 0.25) is 10.0 Å². The number of ether oxygens (including phenoxy) is 1. The first-order valence-electron chi connectivity index (χ1n) is 7.59. The minimum absolute atomic E-state index is 0.0411. The Morgan fingerprint density at radius 1 is 1.20 bits per heavy atom. The fourth-order valence-corrected chi connectivity index (χ4v) is 4.18. The molecular formula is C17H16FNO5S. The average molecular weight is 365 g/mol. The molecule has 0 radical (unpaired) electrons. The van der Waals surface area contributed by atoms with Crippen molar-refractivity contribution < 1.29 is 27.4 Å². The Bertz CT molecular complexity index is 899. The molecule has 1 aliphatic heterocycles. The van der Waals surface area contributed by atoms with E-state index in [9.17, 15) is 17.6 Å². The maximum absolute atomic E-state index is 13.9. The third-order valence-electron chi connectivity index (χ3n) is 4.00. The van der Waals surface area contributed by atoms with Crippen molar-refractivity contribution in [1.29, 1.82) is 0 Å². The van der Waals surface area contributed by atoms with Crippen LogP contribution in [0.25, 0.3) is 0 Å². The van der Waals surface area contributed by atoms with Gasteiger partial charge in [0.25, 0.3) is 0 Å². The van der Waals surface area contributed by atoms with E-state index in [-0.39, 0.29) is 30.2 Å². The van der Waals surface area contributed by atoms with Crippen LogP contribution in [0.5, 0.6) is 0 Å². The number of aromatic carboxylic acids is 1. The monoisotopic (exact) mass is 365 g/mol. The highest BCUT2D eigenvalue weighted by atomic mass is 32.2. The topological polar surface area (TPSA) is 83.9 Å². The van der Waals surface area contributed by atoms with E-state index in [1.54, 1.807) is 18.2 Å². The first-order chi connectivity index (χ1) is 11.9. The number of halogens is 1. The van der Waals surface area contributed by atoms with E-state index in [4.69, 9.17) is 9.84 Å². The molecule has 2 aromatic carbocycles. The van der Waals surface area contributed by atoms with E-state index >= 15 is 0 Å². The number of hydrogen-bond donors (Lipinski definition) is 1. The van der Waals surface area contributed by atoms with Crippen LogP contribution in [0.1, 0.15) is 22.0 Å². The average Bonchev–Trinajstić information content (AvgIpc) is 2.62. The summed E-state index contributed by atoms with van der Waals surface area (Å²) in [5, 5.41) is 9.04. The number of sulfonamides is 1. The number of benzene rings is 2. The summed E-state index contributed by atoms with van der Waals surface area (Å²) in [5.41, 5.74) is 0.182. The van der Waals surface area contributed by atoms with Crippen LogP contribution in [0, 0.1) is 5.82 Å². The van der Waals surface area contributed by atoms with Crippen LogP contribution in [0.2, 0.25) is 0 Å². The lowest BCUT2D eigenvalue weighted by Gasteiger charge is -2.32. The minimum Gasteiger partial charge on any atom is -0.478 e. The molecule has 0 bridgehead atoms. The summed E-state index contributed by atoms with van der Waals surface area (Å²) in [7, 11) is -3.90. The van der Waals surface area contributed by atoms with Crippen molar-refractivity contribution in [2.75, 3.05) is 19.7 Å². The van der Waals surface area contributed by atoms with Gasteiger partial charge in [-0.05, 0) is 24.3 Å². The van der Waals surface area contributed by atoms with Gasteiger partial charge in [0, 0.05) is 18.7 Å². The predicted octanol–water partition coefficient (Wildman–Crippen LogP) is 2.29. The van der Waals surface area contributed by atoms with Crippen molar-refractivity contribution in [3.05, 3.63) is 65.5 Å². The van der Waals surface area contributed by atoms with Gasteiger partial charge in [-0.3, -0.25) is 0 Å². The standard InChI is InChI=1S/C17H16FNO5S/c18-15-7-2-1-6-14(15)16-11-19(8-9-24-16)25(22,23)13-5-3-4-12(10-13)17(20)21/h1-7,10,16H,8-9,11H2,(H,20,21). The van der Waals surface area contributed by atoms with Crippen LogP contribution in [-0.2, 0) is 14.8 Å². The first kappa shape index (κ1) is 17.5. The van der Waals surface area contributed by atoms with E-state index in [1.807, 2.05) is 0 Å². The third kappa shape index (κ3) is 3.55. The van der Waals surface area contributed by atoms with Crippen LogP contribution >= 0.6 is 0 Å². The molecule has 8 heteroatoms. The largest absolute Gasteiger partial charge is 0.478 e. The van der Waals surface area contributed by atoms with Crippen LogP contribution in [-0.4, -0.2) is 43.5 Å². The smallest absolute Gasteiger partial charge is 0.335 e. The number of hydrogen-bond acceptors (Lipinski definition) is 4. The molecule has 1 N–H and O–H groups in total. The van der Waals surface area contributed by atoms with Crippen LogP contribution in [0.3, 0.4) is 0 Å². The van der Waals surface area contributed by atoms with E-state index < -0.39 is 27.9 Å². The molecule has 1 saturated heterocycles. The Kier molecular flexibility index (Phi) is 4.85. The van der Waals surface area contributed by atoms with Crippen molar-refractivity contribution in [2.45, 2.75) is 11.0 Å². The van der Waals surface area contributed by atoms with Gasteiger partial charge in [0.1, 0.15) is 5.82 Å². The molecule has 6 nitrogen and oxygen atoms in total. The molecule has 25 heavy (non-hydrogen) atoms. The summed E-state index contributed by atoms with van der Waals surface area (Å²) >= 11 is 0. The molecule has 0 aliphatic carbocycles. The number of morpholine rings is 1. The van der Waals surface area contributed by atoms with Gasteiger partial charge in [0.05, 0.1) is 23.2 Å². The normalized spacial score (nSPS) is 18.8. The summed E-state index contributed by atoms with van der Waals surface area (Å²) in [6.07, 6.45) is -0.715. The van der Waals surface area contributed by atoms with E-state index in [0.717, 1.165) is 6.07 Å². The Balaban J connectivity index is 1.89. The minimum atomic E-state index is -3.90. The third-order valence-corrected chi connectivity index (χ3v) is 5.86. The Hall–Kier alpha value is -2.29. The van der Waals surface area contributed by atoms with Gasteiger partial charge < -0.3 is 9.84 Å². The zero-order valence-electron chi connectivity index (χ0n) is 13.1. The quantitative estimate of drug-likeness (QED) is 0.899. The van der Waals surface area contributed by atoms with Gasteiger partial charge in [-0.15, -0.1) is 0 Å². The SMILES string of the molecule is O=C(O)c1cccc(S(=O)(=O)N2CCOC(c3ccccc3F)C2)c1. The Morgan fingerprint density at radius 2 is 1.96 bits per heavy atom. The summed E-state index contributed by atoms with van der Waals surface area (Å²) < 4.78 is 46.3. The van der Waals surface area contributed by atoms with Crippen LogP contribution < -0.4 is 0 Å². The second kappa shape index (κ2) is 6.91. The molecule has 1 unspecified atom stereocenters. The molecule has 0 saturated carbocycles. The lowest BCUT2D eigenvalue weighted by Crippen LogP contribution is -2.42. The molecule has 0 amide bonds. The summed E-state index contributed by atoms with van der Waals surface area (Å²) in [5.74, 6) is -1.66. The van der Waals surface area contributed by atoms with E-state index in [2.05, 4.69) is 0 Å². The lowest BCUT2D eigenvalue weighted by atomic mass is 10.1. The van der Waals surface area contributed by atoms with Gasteiger partial charge in [-0.25, -0.2) is 17.6 Å². The predicted molar refractivity (Wildman–Crippen MR) is 87.3 cm³/mol. The maximum Gasteiger partial charge on any atom is 0.335 e. The first-order valence-corrected chi connectivity index (χ1v) is 9.03. The van der Waals surface area contributed by atoms with Crippen LogP contribution in [0.4, 0.5) is 4.39 Å². The maximum atomic E-state index is 13.9. The van der Waals surface area contributed by atoms with Crippen molar-refractivity contribution in [3.8, 4) is 0 Å². The van der Waals surface area contributed by atoms with Crippen molar-refractivity contribution in [2.24, 2.45) is 0 Å². The highest BCUT2D eigenvalue weighted by molar-refractivity contribution is 7.89. The molecule has 0 spiro atoms. The fourth-order valence-electron chi connectivity index (χ4n) is 2.71. The summed E-state index contributed by atoms with van der Waals surface area (Å²) in [6.45, 7) is 0.196. The second-order valence-corrected chi connectivity index (χ2v) is 7.51. The summed E-state index contributed by atoms with van der Waals surface area (Å²) in [4.78, 5) is 11.0. The molecule has 1 aliphatic rings. The second-order valence-electron chi connectivity index (χ2n) is 5.58. The highest BCUT2D eigenvalue weighted by Gasteiger charge is 2.32. The molecule has 0 aromatic heterocycles. The number of carbonyl (C=O) groups is 1. The zero-order chi connectivity index (χ0) is 18.0. The molecule has 1 heterocycles. The van der Waals surface area contributed by atoms with Crippen LogP contribution in [0.15, 0.2) is 53.4 Å². The lowest BCUT2D eigenvalue weighted by molar-refractivity contribution is -0.00443. The van der Waals surface area contributed by atoms with Crippen molar-refractivity contribution >= 4 is 16.0 Å². The molecule has 1 fully saturated rings. The van der Waals surface area contributed by atoms with E-state index in [0.29, 0.717) is 5.56 Å². The number of nitrogens with zero attached hydrogens (tertiary/aromatic N) is 1. The van der Waals surface area contributed by atoms with Crippen molar-refractivity contribution in [1.82, 2.24) is 4.31 Å². The van der Waals surface area contributed by atoms with E-state index in [1.165, 1.54) is 28.6 Å². The fraction of sp³-hybridized carbons (Fsp3) is 0.235. The van der Waals surface area contributed by atoms with Gasteiger partial charge in [-0.2, -0.15) is 4.31 Å². The molecular weight excluding hydrogens is 349 g/mol. The number of carboxylic acids is 1. The zero-order valence-corrected chi connectivity index (χ0v) is 13.9. The molecule has 132 valence electrons. The number of carboxylic acid groups (broad SMARTS) is 1. The van der Waals surface area contributed by atoms with Crippen molar-refractivity contribution in [3.63, 3.8) is 0 Å². The van der Waals surface area contributed by atoms with Gasteiger partial charge >= 0.3 is 5.97 Å². The highest BCUT2D eigenvalue weighted by Crippen LogP contribution is 2.28. The Morgan fingerprint density at radius 3 is 2.68 bits per heavy atom. The number of rotatable bonds is 4. The van der Waals surface area contributed by atoms with Gasteiger partial charge in [0.15, 0.2) is 0 Å². The van der Waals surface area contributed by atoms with Gasteiger partial charge in [-0.1, -0.05) is 24.3 Å². The summed E-state index contributed by atoms with van der Waals surface area (Å²) in [6, 6.07) is 11.2. The molecule has 1 atom stereocenters. The molecule has 2 aromatic rings. The molecule has 3 rings (SSSR count). The Labute approximate surface area is 144 Å².